The summed E-state index contributed by atoms with van der Waals surface area (Å²) in [5.74, 6) is 0.679. The molecule has 1 aliphatic heterocycles. The van der Waals surface area contributed by atoms with Crippen molar-refractivity contribution < 1.29 is 14.0 Å². The highest BCUT2D eigenvalue weighted by molar-refractivity contribution is 7.99. The van der Waals surface area contributed by atoms with Crippen LogP contribution in [0.3, 0.4) is 0 Å². The SMILES string of the molecule is O=C(CSCc1ccc(F)cc1)NCc1ccc2c(c1)CCN2C(=O)c1ccncc1. The number of nitrogens with one attached hydrogen (secondary N) is 1. The molecule has 0 aliphatic carbocycles. The van der Waals surface area contributed by atoms with Crippen molar-refractivity contribution in [3.63, 3.8) is 0 Å². The summed E-state index contributed by atoms with van der Waals surface area (Å²) in [6, 6.07) is 15.7. The molecule has 158 valence electrons. The molecule has 1 N–H and O–H groups in total. The van der Waals surface area contributed by atoms with Gasteiger partial charge in [-0.1, -0.05) is 24.3 Å². The number of pyridine rings is 1. The summed E-state index contributed by atoms with van der Waals surface area (Å²) in [5.41, 5.74) is 4.65. The lowest BCUT2D eigenvalue weighted by Crippen LogP contribution is -2.28. The van der Waals surface area contributed by atoms with Gasteiger partial charge in [-0.15, -0.1) is 11.8 Å². The van der Waals surface area contributed by atoms with Crippen molar-refractivity contribution in [2.24, 2.45) is 0 Å². The molecule has 5 nitrogen and oxygen atoms in total. The number of nitrogens with zero attached hydrogens (tertiary/aromatic N) is 2. The van der Waals surface area contributed by atoms with E-state index < -0.39 is 0 Å². The number of carbonyl (C=O) groups excluding carboxylic acids is 2. The van der Waals surface area contributed by atoms with Gasteiger partial charge in [-0.2, -0.15) is 0 Å². The van der Waals surface area contributed by atoms with Crippen molar-refractivity contribution in [3.05, 3.63) is 95.1 Å². The number of aromatic nitrogens is 1. The summed E-state index contributed by atoms with van der Waals surface area (Å²) < 4.78 is 12.9. The van der Waals surface area contributed by atoms with Crippen LogP contribution in [0.1, 0.15) is 27.0 Å². The van der Waals surface area contributed by atoms with Crippen LogP contribution in [0, 0.1) is 5.82 Å². The van der Waals surface area contributed by atoms with Crippen LogP contribution in [-0.2, 0) is 23.5 Å². The minimum atomic E-state index is -0.259. The van der Waals surface area contributed by atoms with E-state index in [2.05, 4.69) is 16.4 Å². The van der Waals surface area contributed by atoms with Crippen molar-refractivity contribution in [2.75, 3.05) is 17.2 Å². The zero-order valence-corrected chi connectivity index (χ0v) is 17.7. The van der Waals surface area contributed by atoms with Gasteiger partial charge in [0.05, 0.1) is 5.75 Å². The second-order valence-corrected chi connectivity index (χ2v) is 8.29. The first kappa shape index (κ1) is 21.1. The molecule has 4 rings (SSSR count). The molecule has 0 saturated carbocycles. The number of amides is 2. The number of rotatable bonds is 7. The summed E-state index contributed by atoms with van der Waals surface area (Å²) in [4.78, 5) is 30.6. The average Bonchev–Trinajstić information content (AvgIpc) is 3.22. The summed E-state index contributed by atoms with van der Waals surface area (Å²) in [6.45, 7) is 1.09. The third-order valence-corrected chi connectivity index (χ3v) is 6.12. The van der Waals surface area contributed by atoms with Crippen LogP contribution >= 0.6 is 11.8 Å². The van der Waals surface area contributed by atoms with Crippen LogP contribution in [0.5, 0.6) is 0 Å². The number of halogens is 1. The summed E-state index contributed by atoms with van der Waals surface area (Å²) >= 11 is 1.49. The molecule has 0 unspecified atom stereocenters. The monoisotopic (exact) mass is 435 g/mol. The number of carbonyl (C=O) groups is 2. The van der Waals surface area contributed by atoms with E-state index in [1.807, 2.05) is 12.1 Å². The molecule has 3 aromatic rings. The third-order valence-electron chi connectivity index (χ3n) is 5.12. The molecule has 0 radical (unpaired) electrons. The molecule has 31 heavy (non-hydrogen) atoms. The standard InChI is InChI=1S/C24H22FN3O2S/c25-21-4-1-17(2-5-21)15-31-16-23(29)27-14-18-3-6-22-20(13-18)9-12-28(22)24(30)19-7-10-26-11-8-19/h1-8,10-11,13H,9,12,14-16H2,(H,27,29). The molecular weight excluding hydrogens is 413 g/mol. The van der Waals surface area contributed by atoms with E-state index >= 15 is 0 Å². The lowest BCUT2D eigenvalue weighted by atomic mass is 10.1. The smallest absolute Gasteiger partial charge is 0.258 e. The van der Waals surface area contributed by atoms with Crippen LogP contribution in [0.2, 0.25) is 0 Å². The molecule has 0 saturated heterocycles. The molecule has 2 heterocycles. The highest BCUT2D eigenvalue weighted by atomic mass is 32.2. The first-order valence-electron chi connectivity index (χ1n) is 10.0. The number of benzene rings is 2. The molecule has 2 amide bonds. The fourth-order valence-electron chi connectivity index (χ4n) is 3.52. The minimum absolute atomic E-state index is 0.0274. The fraction of sp³-hybridized carbons (Fsp3) is 0.208. The topological polar surface area (TPSA) is 62.3 Å². The van der Waals surface area contributed by atoms with Gasteiger partial charge in [0.1, 0.15) is 5.82 Å². The molecule has 0 bridgehead atoms. The second kappa shape index (κ2) is 9.75. The maximum atomic E-state index is 12.9. The highest BCUT2D eigenvalue weighted by Crippen LogP contribution is 2.30. The van der Waals surface area contributed by atoms with Crippen molar-refractivity contribution in [1.82, 2.24) is 10.3 Å². The maximum absolute atomic E-state index is 12.9. The summed E-state index contributed by atoms with van der Waals surface area (Å²) in [5, 5.41) is 2.94. The van der Waals surface area contributed by atoms with Gasteiger partial charge in [0.2, 0.25) is 5.91 Å². The average molecular weight is 436 g/mol. The second-order valence-electron chi connectivity index (χ2n) is 7.30. The van der Waals surface area contributed by atoms with Gasteiger partial charge in [-0.3, -0.25) is 14.6 Å². The van der Waals surface area contributed by atoms with Crippen LogP contribution in [0.25, 0.3) is 0 Å². The minimum Gasteiger partial charge on any atom is -0.351 e. The molecule has 1 aromatic heterocycles. The fourth-order valence-corrected chi connectivity index (χ4v) is 4.34. The van der Waals surface area contributed by atoms with Gasteiger partial charge in [-0.05, 0) is 53.4 Å². The molecule has 1 aliphatic rings. The van der Waals surface area contributed by atoms with E-state index in [0.717, 1.165) is 28.8 Å². The van der Waals surface area contributed by atoms with Gasteiger partial charge in [0.25, 0.3) is 5.91 Å². The Labute approximate surface area is 184 Å². The number of hydrogen-bond acceptors (Lipinski definition) is 4. The molecule has 0 spiro atoms. The van der Waals surface area contributed by atoms with E-state index in [1.54, 1.807) is 41.6 Å². The van der Waals surface area contributed by atoms with Crippen LogP contribution in [0.15, 0.2) is 67.0 Å². The number of anilines is 1. The van der Waals surface area contributed by atoms with Crippen molar-refractivity contribution in [3.8, 4) is 0 Å². The van der Waals surface area contributed by atoms with Crippen LogP contribution in [0.4, 0.5) is 10.1 Å². The van der Waals surface area contributed by atoms with Crippen molar-refractivity contribution in [1.29, 1.82) is 0 Å². The van der Waals surface area contributed by atoms with Gasteiger partial charge >= 0.3 is 0 Å². The van der Waals surface area contributed by atoms with E-state index in [-0.39, 0.29) is 17.6 Å². The lowest BCUT2D eigenvalue weighted by Gasteiger charge is -2.17. The van der Waals surface area contributed by atoms with Crippen LogP contribution < -0.4 is 10.2 Å². The Kier molecular flexibility index (Phi) is 6.62. The van der Waals surface area contributed by atoms with Gasteiger partial charge in [0.15, 0.2) is 0 Å². The lowest BCUT2D eigenvalue weighted by molar-refractivity contribution is -0.118. The Hall–Kier alpha value is -3.19. The normalized spacial score (nSPS) is 12.5. The third kappa shape index (κ3) is 5.30. The van der Waals surface area contributed by atoms with Gasteiger partial charge in [0, 0.05) is 42.5 Å². The van der Waals surface area contributed by atoms with E-state index in [1.165, 1.54) is 23.9 Å². The number of thioether (sulfide) groups is 1. The molecule has 7 heteroatoms. The largest absolute Gasteiger partial charge is 0.351 e. The first-order chi connectivity index (χ1) is 15.1. The van der Waals surface area contributed by atoms with E-state index in [9.17, 15) is 14.0 Å². The van der Waals surface area contributed by atoms with Crippen molar-refractivity contribution >= 4 is 29.3 Å². The van der Waals surface area contributed by atoms with Crippen LogP contribution in [-0.4, -0.2) is 29.1 Å². The van der Waals surface area contributed by atoms with Gasteiger partial charge < -0.3 is 10.2 Å². The van der Waals surface area contributed by atoms with E-state index in [0.29, 0.717) is 30.2 Å². The zero-order chi connectivity index (χ0) is 21.6. The zero-order valence-electron chi connectivity index (χ0n) is 16.9. The molecular formula is C24H22FN3O2S. The van der Waals surface area contributed by atoms with Crippen molar-refractivity contribution in [2.45, 2.75) is 18.7 Å². The number of hydrogen-bond donors (Lipinski definition) is 1. The Balaban J connectivity index is 1.28. The predicted octanol–water partition coefficient (Wildman–Crippen LogP) is 3.97. The van der Waals surface area contributed by atoms with E-state index in [4.69, 9.17) is 0 Å². The Morgan fingerprint density at radius 1 is 1.03 bits per heavy atom. The Bertz CT molecular complexity index is 1070. The van der Waals surface area contributed by atoms with Gasteiger partial charge in [-0.25, -0.2) is 4.39 Å². The summed E-state index contributed by atoms with van der Waals surface area (Å²) in [7, 11) is 0. The maximum Gasteiger partial charge on any atom is 0.258 e. The highest BCUT2D eigenvalue weighted by Gasteiger charge is 2.25. The quantitative estimate of drug-likeness (QED) is 0.610. The first-order valence-corrected chi connectivity index (χ1v) is 11.2. The Morgan fingerprint density at radius 2 is 1.77 bits per heavy atom. The molecule has 0 atom stereocenters. The Morgan fingerprint density at radius 3 is 2.55 bits per heavy atom. The summed E-state index contributed by atoms with van der Waals surface area (Å²) in [6.07, 6.45) is 4.03. The number of fused-ring (bicyclic) bond motifs is 1. The molecule has 0 fully saturated rings. The molecule has 2 aromatic carbocycles. The predicted molar refractivity (Wildman–Crippen MR) is 120 cm³/mol.